The van der Waals surface area contributed by atoms with Crippen LogP contribution in [0, 0.1) is 0 Å². The van der Waals surface area contributed by atoms with Crippen molar-refractivity contribution in [3.63, 3.8) is 0 Å². The van der Waals surface area contributed by atoms with Gasteiger partial charge in [-0.25, -0.2) is 0 Å². The standard InChI is InChI=1S/C24H28N2O2/c1-3-19(2)25-24(27)23-15-14-22(28-23)18-26(16-20-10-6-4-7-11-20)17-21-12-8-5-9-13-21/h4-15,19H,3,16-18H2,1-2H3,(H,25,27)/p+1/t19-/m0/s1. The van der Waals surface area contributed by atoms with Gasteiger partial charge in [-0.2, -0.15) is 0 Å². The molecule has 1 amide bonds. The molecule has 1 atom stereocenters. The first-order valence-corrected chi connectivity index (χ1v) is 9.95. The molecule has 2 N–H and O–H groups in total. The van der Waals surface area contributed by atoms with Crippen molar-refractivity contribution in [2.75, 3.05) is 0 Å². The fourth-order valence-corrected chi connectivity index (χ4v) is 3.19. The van der Waals surface area contributed by atoms with Gasteiger partial charge in [-0.3, -0.25) is 4.79 Å². The summed E-state index contributed by atoms with van der Waals surface area (Å²) in [5, 5.41) is 2.95. The van der Waals surface area contributed by atoms with E-state index in [4.69, 9.17) is 4.42 Å². The van der Waals surface area contributed by atoms with E-state index in [1.165, 1.54) is 16.0 Å². The number of carbonyl (C=O) groups excluding carboxylic acids is 1. The van der Waals surface area contributed by atoms with Gasteiger partial charge in [-0.15, -0.1) is 0 Å². The minimum absolute atomic E-state index is 0.138. The van der Waals surface area contributed by atoms with Crippen molar-refractivity contribution < 1.29 is 14.1 Å². The Kier molecular flexibility index (Phi) is 7.04. The minimum Gasteiger partial charge on any atom is -0.450 e. The first kappa shape index (κ1) is 19.9. The fraction of sp³-hybridized carbons (Fsp3) is 0.292. The molecule has 0 saturated carbocycles. The topological polar surface area (TPSA) is 46.7 Å². The molecule has 0 aliphatic carbocycles. The number of hydrogen-bond acceptors (Lipinski definition) is 2. The third kappa shape index (κ3) is 5.83. The van der Waals surface area contributed by atoms with Gasteiger partial charge in [0.1, 0.15) is 19.6 Å². The predicted molar refractivity (Wildman–Crippen MR) is 111 cm³/mol. The molecule has 4 nitrogen and oxygen atoms in total. The summed E-state index contributed by atoms with van der Waals surface area (Å²) in [5.74, 6) is 1.07. The molecule has 1 aromatic heterocycles. The Morgan fingerprint density at radius 2 is 1.46 bits per heavy atom. The summed E-state index contributed by atoms with van der Waals surface area (Å²) in [6.45, 7) is 6.55. The second kappa shape index (κ2) is 9.90. The van der Waals surface area contributed by atoms with Crippen LogP contribution < -0.4 is 10.2 Å². The van der Waals surface area contributed by atoms with Crippen LogP contribution in [0.25, 0.3) is 0 Å². The van der Waals surface area contributed by atoms with E-state index in [2.05, 4.69) is 53.8 Å². The SMILES string of the molecule is CC[C@H](C)NC(=O)c1ccc(C[NH+](Cc2ccccc2)Cc2ccccc2)o1. The summed E-state index contributed by atoms with van der Waals surface area (Å²) in [7, 11) is 0. The zero-order valence-corrected chi connectivity index (χ0v) is 16.7. The molecule has 0 radical (unpaired) electrons. The highest BCUT2D eigenvalue weighted by Crippen LogP contribution is 2.08. The highest BCUT2D eigenvalue weighted by atomic mass is 16.4. The van der Waals surface area contributed by atoms with E-state index in [1.54, 1.807) is 6.07 Å². The molecule has 1 heterocycles. The molecule has 0 bridgehead atoms. The third-order valence-corrected chi connectivity index (χ3v) is 4.89. The van der Waals surface area contributed by atoms with Crippen LogP contribution in [0.1, 0.15) is 47.7 Å². The third-order valence-electron chi connectivity index (χ3n) is 4.89. The van der Waals surface area contributed by atoms with E-state index in [0.29, 0.717) is 5.76 Å². The molecule has 0 aliphatic heterocycles. The molecule has 0 spiro atoms. The largest absolute Gasteiger partial charge is 0.450 e. The summed E-state index contributed by atoms with van der Waals surface area (Å²) < 4.78 is 5.86. The van der Waals surface area contributed by atoms with Crippen molar-refractivity contribution in [1.82, 2.24) is 5.32 Å². The number of hydrogen-bond donors (Lipinski definition) is 2. The highest BCUT2D eigenvalue weighted by molar-refractivity contribution is 5.91. The van der Waals surface area contributed by atoms with Crippen molar-refractivity contribution in [1.29, 1.82) is 0 Å². The van der Waals surface area contributed by atoms with E-state index >= 15 is 0 Å². The lowest BCUT2D eigenvalue weighted by molar-refractivity contribution is -0.942. The maximum atomic E-state index is 12.3. The van der Waals surface area contributed by atoms with E-state index in [9.17, 15) is 4.79 Å². The molecule has 2 aromatic carbocycles. The zero-order valence-electron chi connectivity index (χ0n) is 16.7. The maximum absolute atomic E-state index is 12.3. The fourth-order valence-electron chi connectivity index (χ4n) is 3.19. The molecule has 3 aromatic rings. The summed E-state index contributed by atoms with van der Waals surface area (Å²) in [4.78, 5) is 13.6. The average molecular weight is 378 g/mol. The summed E-state index contributed by atoms with van der Waals surface area (Å²) in [5.41, 5.74) is 2.57. The zero-order chi connectivity index (χ0) is 19.8. The number of rotatable bonds is 9. The summed E-state index contributed by atoms with van der Waals surface area (Å²) >= 11 is 0. The van der Waals surface area contributed by atoms with Crippen molar-refractivity contribution in [3.8, 4) is 0 Å². The minimum atomic E-state index is -0.145. The van der Waals surface area contributed by atoms with Gasteiger partial charge in [0.2, 0.25) is 0 Å². The number of furan rings is 1. The second-order valence-electron chi connectivity index (χ2n) is 7.30. The summed E-state index contributed by atoms with van der Waals surface area (Å²) in [6, 6.07) is 24.8. The van der Waals surface area contributed by atoms with Gasteiger partial charge in [0, 0.05) is 17.2 Å². The number of benzene rings is 2. The average Bonchev–Trinajstić information content (AvgIpc) is 3.18. The van der Waals surface area contributed by atoms with Gasteiger partial charge < -0.3 is 14.6 Å². The molecule has 3 rings (SSSR count). The lowest BCUT2D eigenvalue weighted by Gasteiger charge is -2.19. The molecule has 0 aliphatic rings. The Balaban J connectivity index is 1.71. The van der Waals surface area contributed by atoms with Crippen molar-refractivity contribution in [3.05, 3.63) is 95.4 Å². The quantitative estimate of drug-likeness (QED) is 0.599. The summed E-state index contributed by atoms with van der Waals surface area (Å²) in [6.07, 6.45) is 0.894. The molecular formula is C24H29N2O2+. The van der Waals surface area contributed by atoms with Gasteiger partial charge in [-0.1, -0.05) is 67.6 Å². The predicted octanol–water partition coefficient (Wildman–Crippen LogP) is 3.59. The normalized spacial score (nSPS) is 12.1. The van der Waals surface area contributed by atoms with Gasteiger partial charge in [0.25, 0.3) is 5.91 Å². The lowest BCUT2D eigenvalue weighted by Crippen LogP contribution is -3.08. The van der Waals surface area contributed by atoms with Gasteiger partial charge >= 0.3 is 0 Å². The van der Waals surface area contributed by atoms with Crippen LogP contribution >= 0.6 is 0 Å². The van der Waals surface area contributed by atoms with Crippen LogP contribution in [0.2, 0.25) is 0 Å². The molecule has 28 heavy (non-hydrogen) atoms. The van der Waals surface area contributed by atoms with Crippen molar-refractivity contribution in [2.45, 2.75) is 45.9 Å². The first-order valence-electron chi connectivity index (χ1n) is 9.95. The Labute approximate surface area is 167 Å². The number of carbonyl (C=O) groups is 1. The smallest absolute Gasteiger partial charge is 0.287 e. The highest BCUT2D eigenvalue weighted by Gasteiger charge is 2.17. The van der Waals surface area contributed by atoms with Crippen LogP contribution in [0.3, 0.4) is 0 Å². The second-order valence-corrected chi connectivity index (χ2v) is 7.30. The molecular weight excluding hydrogens is 348 g/mol. The van der Waals surface area contributed by atoms with Crippen molar-refractivity contribution in [2.24, 2.45) is 0 Å². The molecule has 146 valence electrons. The Hall–Kier alpha value is -2.85. The number of amides is 1. The first-order chi connectivity index (χ1) is 13.6. The van der Waals surface area contributed by atoms with Crippen LogP contribution in [0.15, 0.2) is 77.2 Å². The van der Waals surface area contributed by atoms with Gasteiger partial charge in [0.15, 0.2) is 11.5 Å². The molecule has 0 fully saturated rings. The Morgan fingerprint density at radius 1 is 0.893 bits per heavy atom. The van der Waals surface area contributed by atoms with Crippen LogP contribution in [0.4, 0.5) is 0 Å². The van der Waals surface area contributed by atoms with E-state index in [0.717, 1.165) is 31.8 Å². The van der Waals surface area contributed by atoms with Crippen molar-refractivity contribution >= 4 is 5.91 Å². The molecule has 4 heteroatoms. The Morgan fingerprint density at radius 3 is 2.00 bits per heavy atom. The van der Waals surface area contributed by atoms with Gasteiger partial charge in [0.05, 0.1) is 0 Å². The van der Waals surface area contributed by atoms with Crippen LogP contribution in [-0.4, -0.2) is 11.9 Å². The van der Waals surface area contributed by atoms with Crippen LogP contribution in [-0.2, 0) is 19.6 Å². The van der Waals surface area contributed by atoms with E-state index in [1.807, 2.05) is 32.0 Å². The molecule has 0 saturated heterocycles. The maximum Gasteiger partial charge on any atom is 0.287 e. The number of nitrogens with one attached hydrogen (secondary N) is 2. The number of quaternary nitrogens is 1. The van der Waals surface area contributed by atoms with Gasteiger partial charge in [-0.05, 0) is 25.5 Å². The Bertz CT molecular complexity index is 817. The van der Waals surface area contributed by atoms with E-state index in [-0.39, 0.29) is 11.9 Å². The lowest BCUT2D eigenvalue weighted by atomic mass is 10.1. The monoisotopic (exact) mass is 377 g/mol. The van der Waals surface area contributed by atoms with Crippen LogP contribution in [0.5, 0.6) is 0 Å². The van der Waals surface area contributed by atoms with E-state index < -0.39 is 0 Å². The molecule has 0 unspecified atom stereocenters.